The van der Waals surface area contributed by atoms with E-state index in [0.29, 0.717) is 6.54 Å². The number of nitrogens with zero attached hydrogens (tertiary/aromatic N) is 1. The lowest BCUT2D eigenvalue weighted by Gasteiger charge is -2.18. The molecule has 25 heavy (non-hydrogen) atoms. The summed E-state index contributed by atoms with van der Waals surface area (Å²) in [6, 6.07) is 12.0. The van der Waals surface area contributed by atoms with Crippen molar-refractivity contribution in [3.8, 4) is 0 Å². The van der Waals surface area contributed by atoms with Gasteiger partial charge in [0.25, 0.3) is 0 Å². The molecule has 0 unspecified atom stereocenters. The van der Waals surface area contributed by atoms with Gasteiger partial charge in [0, 0.05) is 24.3 Å². The molecule has 0 aromatic heterocycles. The van der Waals surface area contributed by atoms with E-state index in [-0.39, 0.29) is 24.2 Å². The average Bonchev–Trinajstić information content (AvgIpc) is 2.91. The number of carbonyl (C=O) groups is 2. The van der Waals surface area contributed by atoms with Crippen molar-refractivity contribution in [2.75, 3.05) is 16.8 Å². The monoisotopic (exact) mass is 336 g/mol. The molecule has 2 aromatic rings. The average molecular weight is 336 g/mol. The van der Waals surface area contributed by atoms with Crippen LogP contribution in [-0.4, -0.2) is 18.4 Å². The predicted molar refractivity (Wildman–Crippen MR) is 101 cm³/mol. The fraction of sp³-hybridized carbons (Fsp3) is 0.333. The van der Waals surface area contributed by atoms with Gasteiger partial charge in [-0.1, -0.05) is 23.8 Å². The summed E-state index contributed by atoms with van der Waals surface area (Å²) in [5.41, 5.74) is 6.12. The van der Waals surface area contributed by atoms with Crippen LogP contribution >= 0.6 is 0 Å². The lowest BCUT2D eigenvalue weighted by molar-refractivity contribution is -0.122. The van der Waals surface area contributed by atoms with E-state index in [1.807, 2.05) is 58.0 Å². The van der Waals surface area contributed by atoms with Gasteiger partial charge in [-0.2, -0.15) is 0 Å². The normalized spacial score (nSPS) is 17.0. The molecule has 0 spiro atoms. The van der Waals surface area contributed by atoms with Gasteiger partial charge in [0.05, 0.1) is 5.92 Å². The lowest BCUT2D eigenvalue weighted by atomic mass is 10.1. The van der Waals surface area contributed by atoms with Crippen LogP contribution in [0.25, 0.3) is 0 Å². The molecular weight excluding hydrogens is 312 g/mol. The van der Waals surface area contributed by atoms with Crippen LogP contribution in [0.4, 0.5) is 11.4 Å². The first-order valence-corrected chi connectivity index (χ1v) is 8.60. The number of benzene rings is 2. The zero-order chi connectivity index (χ0) is 18.1. The molecule has 1 atom stereocenters. The van der Waals surface area contributed by atoms with E-state index >= 15 is 0 Å². The van der Waals surface area contributed by atoms with Crippen molar-refractivity contribution in [1.82, 2.24) is 0 Å². The fourth-order valence-corrected chi connectivity index (χ4v) is 3.43. The molecule has 3 rings (SSSR count). The number of amides is 2. The quantitative estimate of drug-likeness (QED) is 0.924. The molecule has 1 N–H and O–H groups in total. The number of carbonyl (C=O) groups excluding carboxylic acids is 2. The Morgan fingerprint density at radius 1 is 1.00 bits per heavy atom. The van der Waals surface area contributed by atoms with Gasteiger partial charge in [-0.05, 0) is 62.6 Å². The van der Waals surface area contributed by atoms with Crippen molar-refractivity contribution in [3.63, 3.8) is 0 Å². The summed E-state index contributed by atoms with van der Waals surface area (Å²) >= 11 is 0. The smallest absolute Gasteiger partial charge is 0.229 e. The number of hydrogen-bond donors (Lipinski definition) is 1. The molecule has 4 nitrogen and oxygen atoms in total. The summed E-state index contributed by atoms with van der Waals surface area (Å²) in [5.74, 6) is -0.410. The van der Waals surface area contributed by atoms with Crippen molar-refractivity contribution < 1.29 is 9.59 Å². The molecule has 1 aliphatic heterocycles. The van der Waals surface area contributed by atoms with Gasteiger partial charge in [0.1, 0.15) is 0 Å². The van der Waals surface area contributed by atoms with Gasteiger partial charge in [0.15, 0.2) is 0 Å². The molecule has 0 aliphatic carbocycles. The number of anilines is 2. The first-order chi connectivity index (χ1) is 11.8. The minimum absolute atomic E-state index is 0.00535. The largest absolute Gasteiger partial charge is 0.326 e. The Morgan fingerprint density at radius 3 is 2.32 bits per heavy atom. The van der Waals surface area contributed by atoms with E-state index in [9.17, 15) is 9.59 Å². The molecule has 1 fully saturated rings. The molecular formula is C21H24N2O2. The van der Waals surface area contributed by atoms with Gasteiger partial charge >= 0.3 is 0 Å². The molecule has 0 saturated carbocycles. The zero-order valence-corrected chi connectivity index (χ0v) is 15.2. The Bertz CT molecular complexity index is 822. The summed E-state index contributed by atoms with van der Waals surface area (Å²) in [7, 11) is 0. The van der Waals surface area contributed by atoms with Gasteiger partial charge < -0.3 is 10.2 Å². The second kappa shape index (κ2) is 6.71. The summed E-state index contributed by atoms with van der Waals surface area (Å²) in [5, 5.41) is 2.98. The van der Waals surface area contributed by atoms with E-state index in [4.69, 9.17) is 0 Å². The second-order valence-corrected chi connectivity index (χ2v) is 7.06. The molecule has 0 bridgehead atoms. The second-order valence-electron chi connectivity index (χ2n) is 7.06. The third kappa shape index (κ3) is 3.73. The molecule has 1 saturated heterocycles. The number of aryl methyl sites for hydroxylation is 4. The van der Waals surface area contributed by atoms with Crippen LogP contribution in [0.3, 0.4) is 0 Å². The molecule has 2 aromatic carbocycles. The highest BCUT2D eigenvalue weighted by atomic mass is 16.2. The number of hydrogen-bond acceptors (Lipinski definition) is 2. The van der Waals surface area contributed by atoms with Crippen LogP contribution < -0.4 is 10.2 Å². The first-order valence-electron chi connectivity index (χ1n) is 8.60. The predicted octanol–water partition coefficient (Wildman–Crippen LogP) is 3.91. The summed E-state index contributed by atoms with van der Waals surface area (Å²) < 4.78 is 0. The van der Waals surface area contributed by atoms with Gasteiger partial charge in [-0.15, -0.1) is 0 Å². The highest BCUT2D eigenvalue weighted by Crippen LogP contribution is 2.28. The minimum atomic E-state index is -0.325. The third-order valence-electron chi connectivity index (χ3n) is 4.65. The Balaban J connectivity index is 1.74. The topological polar surface area (TPSA) is 49.4 Å². The van der Waals surface area contributed by atoms with E-state index in [0.717, 1.165) is 33.6 Å². The van der Waals surface area contributed by atoms with Crippen molar-refractivity contribution in [2.45, 2.75) is 34.1 Å². The van der Waals surface area contributed by atoms with E-state index in [1.165, 1.54) is 0 Å². The Hall–Kier alpha value is -2.62. The van der Waals surface area contributed by atoms with E-state index in [1.54, 1.807) is 4.90 Å². The highest BCUT2D eigenvalue weighted by Gasteiger charge is 2.35. The van der Waals surface area contributed by atoms with Gasteiger partial charge in [-0.3, -0.25) is 9.59 Å². The highest BCUT2D eigenvalue weighted by molar-refractivity contribution is 6.03. The lowest BCUT2D eigenvalue weighted by Crippen LogP contribution is -2.28. The summed E-state index contributed by atoms with van der Waals surface area (Å²) in [4.78, 5) is 26.8. The van der Waals surface area contributed by atoms with Crippen LogP contribution in [0.2, 0.25) is 0 Å². The Morgan fingerprint density at radius 2 is 1.68 bits per heavy atom. The molecule has 1 heterocycles. The summed E-state index contributed by atoms with van der Waals surface area (Å²) in [6.45, 7) is 8.46. The maximum Gasteiger partial charge on any atom is 0.229 e. The van der Waals surface area contributed by atoms with Crippen molar-refractivity contribution in [3.05, 3.63) is 58.7 Å². The minimum Gasteiger partial charge on any atom is -0.326 e. The number of nitrogens with one attached hydrogen (secondary N) is 1. The third-order valence-corrected chi connectivity index (χ3v) is 4.65. The first kappa shape index (κ1) is 17.2. The maximum atomic E-state index is 12.6. The van der Waals surface area contributed by atoms with Crippen LogP contribution in [0.5, 0.6) is 0 Å². The molecule has 1 aliphatic rings. The van der Waals surface area contributed by atoms with E-state index < -0.39 is 0 Å². The van der Waals surface area contributed by atoms with E-state index in [2.05, 4.69) is 11.4 Å². The molecule has 0 radical (unpaired) electrons. The Labute approximate surface area is 148 Å². The number of rotatable bonds is 3. The van der Waals surface area contributed by atoms with Crippen molar-refractivity contribution in [1.29, 1.82) is 0 Å². The van der Waals surface area contributed by atoms with Crippen LogP contribution in [0.15, 0.2) is 36.4 Å². The van der Waals surface area contributed by atoms with Gasteiger partial charge in [-0.25, -0.2) is 0 Å². The molecule has 2 amide bonds. The van der Waals surface area contributed by atoms with Crippen LogP contribution in [-0.2, 0) is 9.59 Å². The van der Waals surface area contributed by atoms with Crippen LogP contribution in [0, 0.1) is 33.6 Å². The van der Waals surface area contributed by atoms with Crippen LogP contribution in [0.1, 0.15) is 28.7 Å². The Kier molecular flexibility index (Phi) is 4.62. The van der Waals surface area contributed by atoms with Crippen molar-refractivity contribution >= 4 is 23.2 Å². The SMILES string of the molecule is Cc1cc(C)cc(N2C[C@@H](C(=O)Nc3ccc(C)cc3C)CC2=O)c1. The standard InChI is InChI=1S/C21H24N2O2/c1-13-5-6-19(16(4)8-13)22-21(25)17-11-20(24)23(12-17)18-9-14(2)7-15(3)10-18/h5-10,17H,11-12H2,1-4H3,(H,22,25)/t17-/m0/s1. The van der Waals surface area contributed by atoms with Gasteiger partial charge in [0.2, 0.25) is 11.8 Å². The summed E-state index contributed by atoms with van der Waals surface area (Å²) in [6.07, 6.45) is 0.254. The van der Waals surface area contributed by atoms with Crippen molar-refractivity contribution in [2.24, 2.45) is 5.92 Å². The molecule has 4 heteroatoms. The maximum absolute atomic E-state index is 12.6. The fourth-order valence-electron chi connectivity index (χ4n) is 3.43. The molecule has 130 valence electrons. The zero-order valence-electron chi connectivity index (χ0n) is 15.2.